The standard InChI is InChI=1S/C19H14ClN5O2/c20-14-4-2-1-3-12(14)17-13-9-11(25(26)27)7-8-15(13)21-19-18(22-17)16(23-24-19)10-5-6-10/h1-4,7-10H,5-6H2,(H2,21,23,24). The molecule has 5 rings (SSSR count). The Morgan fingerprint density at radius 3 is 2.70 bits per heavy atom. The van der Waals surface area contributed by atoms with E-state index in [4.69, 9.17) is 16.6 Å². The number of hydrogen-bond donors (Lipinski definition) is 2. The smallest absolute Gasteiger partial charge is 0.270 e. The molecule has 0 bridgehead atoms. The van der Waals surface area contributed by atoms with E-state index >= 15 is 0 Å². The first-order chi connectivity index (χ1) is 13.1. The van der Waals surface area contributed by atoms with Crippen LogP contribution >= 0.6 is 11.6 Å². The fourth-order valence-electron chi connectivity index (χ4n) is 3.32. The maximum Gasteiger partial charge on any atom is 0.270 e. The Hall–Kier alpha value is -3.19. The molecule has 7 nitrogen and oxygen atoms in total. The summed E-state index contributed by atoms with van der Waals surface area (Å²) < 4.78 is 0. The molecule has 1 aromatic heterocycles. The zero-order valence-corrected chi connectivity index (χ0v) is 14.8. The second kappa shape index (κ2) is 5.92. The highest BCUT2D eigenvalue weighted by atomic mass is 35.5. The van der Waals surface area contributed by atoms with Crippen molar-refractivity contribution in [1.29, 1.82) is 0 Å². The summed E-state index contributed by atoms with van der Waals surface area (Å²) in [6.45, 7) is 0. The van der Waals surface area contributed by atoms with E-state index in [0.29, 0.717) is 33.7 Å². The monoisotopic (exact) mass is 379 g/mol. The van der Waals surface area contributed by atoms with E-state index < -0.39 is 4.92 Å². The van der Waals surface area contributed by atoms with Crippen molar-refractivity contribution in [2.24, 2.45) is 4.99 Å². The normalized spacial score (nSPS) is 15.2. The summed E-state index contributed by atoms with van der Waals surface area (Å²) in [6, 6.07) is 12.0. The highest BCUT2D eigenvalue weighted by Crippen LogP contribution is 2.47. The molecule has 1 saturated carbocycles. The number of aromatic nitrogens is 2. The van der Waals surface area contributed by atoms with Crippen LogP contribution in [0.4, 0.5) is 22.9 Å². The molecule has 27 heavy (non-hydrogen) atoms. The van der Waals surface area contributed by atoms with Gasteiger partial charge < -0.3 is 5.32 Å². The zero-order valence-electron chi connectivity index (χ0n) is 14.1. The van der Waals surface area contributed by atoms with Crippen LogP contribution in [0.1, 0.15) is 35.6 Å². The zero-order chi connectivity index (χ0) is 18.5. The van der Waals surface area contributed by atoms with Gasteiger partial charge in [0.05, 0.1) is 16.3 Å². The van der Waals surface area contributed by atoms with Crippen molar-refractivity contribution >= 4 is 40.2 Å². The molecule has 0 amide bonds. The maximum absolute atomic E-state index is 11.3. The van der Waals surface area contributed by atoms with E-state index in [-0.39, 0.29) is 5.69 Å². The summed E-state index contributed by atoms with van der Waals surface area (Å²) in [5.41, 5.74) is 4.37. The third kappa shape index (κ3) is 2.67. The third-order valence-corrected chi connectivity index (χ3v) is 5.16. The second-order valence-corrected chi connectivity index (χ2v) is 7.07. The number of H-pyrrole nitrogens is 1. The molecular weight excluding hydrogens is 366 g/mol. The molecule has 2 N–H and O–H groups in total. The van der Waals surface area contributed by atoms with Gasteiger partial charge >= 0.3 is 0 Å². The number of hydrogen-bond acceptors (Lipinski definition) is 5. The van der Waals surface area contributed by atoms with Crippen LogP contribution in [0.5, 0.6) is 0 Å². The molecule has 134 valence electrons. The molecule has 2 aromatic carbocycles. The van der Waals surface area contributed by atoms with Crippen LogP contribution in [0.3, 0.4) is 0 Å². The highest BCUT2D eigenvalue weighted by Gasteiger charge is 2.32. The number of aromatic amines is 1. The molecular formula is C19H14ClN5O2. The lowest BCUT2D eigenvalue weighted by atomic mass is 10.00. The van der Waals surface area contributed by atoms with Crippen LogP contribution in [0, 0.1) is 10.1 Å². The second-order valence-electron chi connectivity index (χ2n) is 6.66. The summed E-state index contributed by atoms with van der Waals surface area (Å²) >= 11 is 6.44. The van der Waals surface area contributed by atoms with E-state index in [9.17, 15) is 10.1 Å². The van der Waals surface area contributed by atoms with E-state index in [2.05, 4.69) is 15.5 Å². The lowest BCUT2D eigenvalue weighted by molar-refractivity contribution is -0.384. The number of nitrogens with zero attached hydrogens (tertiary/aromatic N) is 3. The molecule has 0 saturated heterocycles. The van der Waals surface area contributed by atoms with Crippen molar-refractivity contribution in [3.05, 3.63) is 74.4 Å². The van der Waals surface area contributed by atoms with Gasteiger partial charge in [0.2, 0.25) is 0 Å². The number of fused-ring (bicyclic) bond motifs is 2. The number of anilines is 2. The molecule has 0 unspecified atom stereocenters. The van der Waals surface area contributed by atoms with Crippen LogP contribution in [0.2, 0.25) is 5.02 Å². The third-order valence-electron chi connectivity index (χ3n) is 4.83. The van der Waals surface area contributed by atoms with E-state index in [1.165, 1.54) is 12.1 Å². The molecule has 3 aromatic rings. The summed E-state index contributed by atoms with van der Waals surface area (Å²) in [5.74, 6) is 1.05. The van der Waals surface area contributed by atoms with Gasteiger partial charge in [-0.2, -0.15) is 5.10 Å². The Bertz CT molecular complexity index is 1120. The van der Waals surface area contributed by atoms with Crippen molar-refractivity contribution in [2.75, 3.05) is 5.32 Å². The largest absolute Gasteiger partial charge is 0.336 e. The molecule has 0 atom stereocenters. The Balaban J connectivity index is 1.79. The van der Waals surface area contributed by atoms with Gasteiger partial charge in [-0.1, -0.05) is 29.8 Å². The van der Waals surface area contributed by atoms with Crippen LogP contribution in [-0.2, 0) is 0 Å². The number of halogens is 1. The first-order valence-electron chi connectivity index (χ1n) is 8.59. The van der Waals surface area contributed by atoms with Gasteiger partial charge in [0.15, 0.2) is 5.82 Å². The minimum atomic E-state index is -0.413. The van der Waals surface area contributed by atoms with Crippen molar-refractivity contribution < 1.29 is 4.92 Å². The average Bonchev–Trinajstić information content (AvgIpc) is 3.45. The van der Waals surface area contributed by atoms with E-state index in [1.807, 2.05) is 18.2 Å². The van der Waals surface area contributed by atoms with Crippen LogP contribution in [-0.4, -0.2) is 20.8 Å². The molecule has 1 aliphatic heterocycles. The summed E-state index contributed by atoms with van der Waals surface area (Å²) in [6.07, 6.45) is 2.20. The Labute approximate surface area is 159 Å². The van der Waals surface area contributed by atoms with Gasteiger partial charge in [0.1, 0.15) is 5.69 Å². The first-order valence-corrected chi connectivity index (χ1v) is 8.97. The first kappa shape index (κ1) is 16.0. The summed E-state index contributed by atoms with van der Waals surface area (Å²) in [4.78, 5) is 15.8. The fourth-order valence-corrected chi connectivity index (χ4v) is 3.54. The van der Waals surface area contributed by atoms with Gasteiger partial charge in [0, 0.05) is 39.9 Å². The highest BCUT2D eigenvalue weighted by molar-refractivity contribution is 6.36. The Morgan fingerprint density at radius 1 is 1.15 bits per heavy atom. The molecule has 8 heteroatoms. The predicted octanol–water partition coefficient (Wildman–Crippen LogP) is 5.07. The number of benzene rings is 2. The predicted molar refractivity (Wildman–Crippen MR) is 104 cm³/mol. The molecule has 1 aliphatic carbocycles. The van der Waals surface area contributed by atoms with Crippen LogP contribution in [0.25, 0.3) is 0 Å². The van der Waals surface area contributed by atoms with E-state index in [1.54, 1.807) is 12.1 Å². The SMILES string of the molecule is O=[N+]([O-])c1ccc2c(c1)C(c1ccccc1Cl)=Nc1c(n[nH]c1C1CC1)N2. The van der Waals surface area contributed by atoms with Crippen molar-refractivity contribution in [1.82, 2.24) is 10.2 Å². The van der Waals surface area contributed by atoms with Gasteiger partial charge in [-0.05, 0) is 25.0 Å². The number of nitrogens with one attached hydrogen (secondary N) is 2. The lowest BCUT2D eigenvalue weighted by Crippen LogP contribution is -2.07. The van der Waals surface area contributed by atoms with Crippen molar-refractivity contribution in [3.63, 3.8) is 0 Å². The number of nitro benzene ring substituents is 1. The van der Waals surface area contributed by atoms with Gasteiger partial charge in [0.25, 0.3) is 5.69 Å². The quantitative estimate of drug-likeness (QED) is 0.383. The van der Waals surface area contributed by atoms with Gasteiger partial charge in [-0.3, -0.25) is 15.2 Å². The number of non-ortho nitro benzene ring substituents is 1. The lowest BCUT2D eigenvalue weighted by Gasteiger charge is -2.11. The molecule has 1 fully saturated rings. The fraction of sp³-hybridized carbons (Fsp3) is 0.158. The van der Waals surface area contributed by atoms with E-state index in [0.717, 1.165) is 29.8 Å². The van der Waals surface area contributed by atoms with Crippen LogP contribution < -0.4 is 5.32 Å². The van der Waals surface area contributed by atoms with Gasteiger partial charge in [-0.25, -0.2) is 4.99 Å². The molecule has 0 radical (unpaired) electrons. The number of rotatable bonds is 3. The Morgan fingerprint density at radius 2 is 1.96 bits per heavy atom. The van der Waals surface area contributed by atoms with Crippen molar-refractivity contribution in [2.45, 2.75) is 18.8 Å². The summed E-state index contributed by atoms with van der Waals surface area (Å²) in [5, 5.41) is 22.6. The number of nitro groups is 1. The molecule has 0 spiro atoms. The maximum atomic E-state index is 11.3. The number of aliphatic imine (C=N–C) groups is 1. The average molecular weight is 380 g/mol. The van der Waals surface area contributed by atoms with Crippen LogP contribution in [0.15, 0.2) is 47.5 Å². The minimum Gasteiger partial charge on any atom is -0.336 e. The summed E-state index contributed by atoms with van der Waals surface area (Å²) in [7, 11) is 0. The molecule has 2 heterocycles. The van der Waals surface area contributed by atoms with Gasteiger partial charge in [-0.15, -0.1) is 0 Å². The van der Waals surface area contributed by atoms with Crippen molar-refractivity contribution in [3.8, 4) is 0 Å². The topological polar surface area (TPSA) is 96.2 Å². The Kier molecular flexibility index (Phi) is 3.51. The molecule has 2 aliphatic rings. The minimum absolute atomic E-state index is 0.00109.